The van der Waals surface area contributed by atoms with Crippen LogP contribution in [-0.2, 0) is 5.33 Å². The van der Waals surface area contributed by atoms with E-state index in [2.05, 4.69) is 59.3 Å². The number of halogens is 1. The summed E-state index contributed by atoms with van der Waals surface area (Å²) in [6.45, 7) is 2.95. The number of ether oxygens (including phenoxy) is 1. The number of benzene rings is 2. The molecule has 1 nitrogen and oxygen atoms in total. The zero-order valence-corrected chi connectivity index (χ0v) is 12.9. The first-order chi connectivity index (χ1) is 8.86. The highest BCUT2D eigenvalue weighted by Gasteiger charge is 2.07. The van der Waals surface area contributed by atoms with Crippen molar-refractivity contribution in [1.82, 2.24) is 0 Å². The lowest BCUT2D eigenvalue weighted by Gasteiger charge is -2.12. The van der Waals surface area contributed by atoms with Crippen LogP contribution in [-0.4, -0.2) is 18.1 Å². The van der Waals surface area contributed by atoms with E-state index in [1.807, 2.05) is 11.8 Å². The van der Waals surface area contributed by atoms with Crippen molar-refractivity contribution in [1.29, 1.82) is 0 Å². The van der Waals surface area contributed by atoms with Crippen LogP contribution >= 0.6 is 27.7 Å². The van der Waals surface area contributed by atoms with Gasteiger partial charge in [0.2, 0.25) is 0 Å². The van der Waals surface area contributed by atoms with Crippen LogP contribution in [0.1, 0.15) is 12.5 Å². The summed E-state index contributed by atoms with van der Waals surface area (Å²) >= 11 is 5.47. The maximum atomic E-state index is 5.89. The highest BCUT2D eigenvalue weighted by molar-refractivity contribution is 9.08. The molecule has 0 fully saturated rings. The van der Waals surface area contributed by atoms with E-state index < -0.39 is 0 Å². The summed E-state index contributed by atoms with van der Waals surface area (Å²) in [4.78, 5) is 0. The molecular formula is C15H17BrOS. The Balaban J connectivity index is 2.22. The number of fused-ring (bicyclic) bond motifs is 1. The average Bonchev–Trinajstić information content (AvgIpc) is 2.43. The predicted molar refractivity (Wildman–Crippen MR) is 85.1 cm³/mol. The number of hydrogen-bond acceptors (Lipinski definition) is 2. The molecule has 0 aliphatic rings. The number of thioether (sulfide) groups is 1. The summed E-state index contributed by atoms with van der Waals surface area (Å²) in [6.07, 6.45) is 0. The molecule has 0 unspecified atom stereocenters. The summed E-state index contributed by atoms with van der Waals surface area (Å²) in [5, 5.41) is 3.36. The molecule has 0 aromatic heterocycles. The molecule has 2 aromatic rings. The van der Waals surface area contributed by atoms with Gasteiger partial charge >= 0.3 is 0 Å². The number of rotatable bonds is 6. The lowest BCUT2D eigenvalue weighted by molar-refractivity contribution is 0.342. The van der Waals surface area contributed by atoms with E-state index in [4.69, 9.17) is 4.74 Å². The second-order valence-corrected chi connectivity index (χ2v) is 5.90. The van der Waals surface area contributed by atoms with Crippen molar-refractivity contribution in [3.05, 3.63) is 42.0 Å². The Kier molecular flexibility index (Phi) is 5.39. The van der Waals surface area contributed by atoms with Gasteiger partial charge in [0.25, 0.3) is 0 Å². The van der Waals surface area contributed by atoms with Crippen molar-refractivity contribution >= 4 is 38.5 Å². The summed E-state index contributed by atoms with van der Waals surface area (Å²) < 4.78 is 5.89. The Morgan fingerprint density at radius 1 is 1.17 bits per heavy atom. The van der Waals surface area contributed by atoms with E-state index in [-0.39, 0.29) is 0 Å². The summed E-state index contributed by atoms with van der Waals surface area (Å²) in [6, 6.07) is 12.6. The summed E-state index contributed by atoms with van der Waals surface area (Å²) in [7, 11) is 0. The Labute approximate surface area is 121 Å². The van der Waals surface area contributed by atoms with Crippen LogP contribution in [0, 0.1) is 0 Å². The molecule has 0 aliphatic heterocycles. The van der Waals surface area contributed by atoms with Crippen LogP contribution in [0.3, 0.4) is 0 Å². The monoisotopic (exact) mass is 324 g/mol. The third-order valence-corrected chi connectivity index (χ3v) is 4.24. The molecule has 96 valence electrons. The van der Waals surface area contributed by atoms with E-state index in [0.29, 0.717) is 0 Å². The molecule has 0 saturated carbocycles. The molecule has 0 amide bonds. The molecule has 2 rings (SSSR count). The maximum absolute atomic E-state index is 5.89. The van der Waals surface area contributed by atoms with Crippen LogP contribution in [0.15, 0.2) is 36.4 Å². The van der Waals surface area contributed by atoms with Crippen LogP contribution in [0.4, 0.5) is 0 Å². The fraction of sp³-hybridized carbons (Fsp3) is 0.333. The SMILES string of the molecule is CCSCCOc1ccc2ccccc2c1CBr. The zero-order valence-electron chi connectivity index (χ0n) is 10.5. The van der Waals surface area contributed by atoms with Crippen LogP contribution in [0.5, 0.6) is 5.75 Å². The topological polar surface area (TPSA) is 9.23 Å². The van der Waals surface area contributed by atoms with E-state index in [0.717, 1.165) is 29.2 Å². The van der Waals surface area contributed by atoms with Gasteiger partial charge in [0, 0.05) is 16.6 Å². The van der Waals surface area contributed by atoms with Gasteiger partial charge in [-0.15, -0.1) is 0 Å². The first kappa shape index (κ1) is 13.8. The molecule has 0 aliphatic carbocycles. The quantitative estimate of drug-likeness (QED) is 0.554. The molecule has 0 saturated heterocycles. The fourth-order valence-electron chi connectivity index (χ4n) is 1.94. The second-order valence-electron chi connectivity index (χ2n) is 3.94. The van der Waals surface area contributed by atoms with Gasteiger partial charge in [-0.25, -0.2) is 0 Å². The van der Waals surface area contributed by atoms with Gasteiger partial charge in [0.05, 0.1) is 6.61 Å². The smallest absolute Gasteiger partial charge is 0.124 e. The van der Waals surface area contributed by atoms with E-state index in [9.17, 15) is 0 Å². The largest absolute Gasteiger partial charge is 0.492 e. The van der Waals surface area contributed by atoms with E-state index in [1.54, 1.807) is 0 Å². The normalized spacial score (nSPS) is 10.8. The number of alkyl halides is 1. The van der Waals surface area contributed by atoms with Gasteiger partial charge in [-0.05, 0) is 22.6 Å². The standard InChI is InChI=1S/C15H17BrOS/c1-2-18-10-9-17-15-8-7-12-5-3-4-6-13(12)14(15)11-16/h3-8H,2,9-11H2,1H3. The van der Waals surface area contributed by atoms with Gasteiger partial charge in [0.1, 0.15) is 5.75 Å². The Morgan fingerprint density at radius 2 is 2.00 bits per heavy atom. The molecule has 3 heteroatoms. The highest BCUT2D eigenvalue weighted by atomic mass is 79.9. The lowest BCUT2D eigenvalue weighted by Crippen LogP contribution is -2.02. The minimum absolute atomic E-state index is 0.775. The average molecular weight is 325 g/mol. The van der Waals surface area contributed by atoms with Crippen molar-refractivity contribution in [2.24, 2.45) is 0 Å². The van der Waals surface area contributed by atoms with Gasteiger partial charge in [0.15, 0.2) is 0 Å². The second kappa shape index (κ2) is 7.05. The fourth-order valence-corrected chi connectivity index (χ4v) is 3.01. The van der Waals surface area contributed by atoms with Crippen molar-refractivity contribution in [3.8, 4) is 5.75 Å². The predicted octanol–water partition coefficient (Wildman–Crippen LogP) is 4.87. The zero-order chi connectivity index (χ0) is 12.8. The summed E-state index contributed by atoms with van der Waals surface area (Å²) in [5.74, 6) is 3.19. The van der Waals surface area contributed by atoms with Crippen LogP contribution < -0.4 is 4.74 Å². The minimum Gasteiger partial charge on any atom is -0.492 e. The molecular weight excluding hydrogens is 308 g/mol. The Morgan fingerprint density at radius 3 is 2.78 bits per heavy atom. The van der Waals surface area contributed by atoms with Crippen LogP contribution in [0.2, 0.25) is 0 Å². The molecule has 18 heavy (non-hydrogen) atoms. The Hall–Kier alpha value is -0.670. The third-order valence-electron chi connectivity index (χ3n) is 2.82. The lowest BCUT2D eigenvalue weighted by atomic mass is 10.0. The molecule has 0 radical (unpaired) electrons. The van der Waals surface area contributed by atoms with Gasteiger partial charge in [-0.1, -0.05) is 53.2 Å². The Bertz CT molecular complexity index is 513. The van der Waals surface area contributed by atoms with Gasteiger partial charge in [-0.2, -0.15) is 11.8 Å². The highest BCUT2D eigenvalue weighted by Crippen LogP contribution is 2.30. The maximum Gasteiger partial charge on any atom is 0.124 e. The molecule has 0 atom stereocenters. The molecule has 0 spiro atoms. The van der Waals surface area contributed by atoms with Gasteiger partial charge in [-0.3, -0.25) is 0 Å². The third kappa shape index (κ3) is 3.21. The molecule has 2 aromatic carbocycles. The minimum atomic E-state index is 0.775. The first-order valence-electron chi connectivity index (χ1n) is 6.14. The van der Waals surface area contributed by atoms with Crippen molar-refractivity contribution < 1.29 is 4.74 Å². The molecule has 0 bridgehead atoms. The van der Waals surface area contributed by atoms with E-state index in [1.165, 1.54) is 16.3 Å². The van der Waals surface area contributed by atoms with Crippen molar-refractivity contribution in [3.63, 3.8) is 0 Å². The van der Waals surface area contributed by atoms with Gasteiger partial charge < -0.3 is 4.74 Å². The molecule has 0 N–H and O–H groups in total. The van der Waals surface area contributed by atoms with Crippen molar-refractivity contribution in [2.45, 2.75) is 12.3 Å². The molecule has 0 heterocycles. The van der Waals surface area contributed by atoms with E-state index >= 15 is 0 Å². The van der Waals surface area contributed by atoms with Crippen LogP contribution in [0.25, 0.3) is 10.8 Å². The number of hydrogen-bond donors (Lipinski definition) is 0. The first-order valence-corrected chi connectivity index (χ1v) is 8.41. The summed E-state index contributed by atoms with van der Waals surface area (Å²) in [5.41, 5.74) is 1.24. The van der Waals surface area contributed by atoms with Crippen molar-refractivity contribution in [2.75, 3.05) is 18.1 Å².